The minimum Gasteiger partial charge on any atom is -0.310 e. The van der Waals surface area contributed by atoms with Crippen molar-refractivity contribution in [3.63, 3.8) is 0 Å². The standard InChI is InChI=1S/C13H22N2O2S/c1-4-10-14-11(3)12-6-8-13(9-7-12)15-18(16,17)5-2/h6-9,11,14-15H,4-5,10H2,1-3H3. The maximum atomic E-state index is 11.4. The molecule has 0 aliphatic rings. The molecule has 1 rings (SSSR count). The van der Waals surface area contributed by atoms with Crippen LogP contribution in [0.3, 0.4) is 0 Å². The second-order valence-electron chi connectivity index (χ2n) is 4.30. The fourth-order valence-electron chi connectivity index (χ4n) is 1.57. The Morgan fingerprint density at radius 1 is 1.17 bits per heavy atom. The molecule has 5 heteroatoms. The van der Waals surface area contributed by atoms with Crippen LogP contribution in [0.25, 0.3) is 0 Å². The Bertz CT molecular complexity index is 454. The van der Waals surface area contributed by atoms with Crippen molar-refractivity contribution in [1.29, 1.82) is 0 Å². The van der Waals surface area contributed by atoms with Gasteiger partial charge in [0.2, 0.25) is 10.0 Å². The molecule has 0 spiro atoms. The van der Waals surface area contributed by atoms with Gasteiger partial charge in [0.05, 0.1) is 5.75 Å². The predicted octanol–water partition coefficient (Wildman–Crippen LogP) is 2.51. The van der Waals surface area contributed by atoms with Crippen LogP contribution >= 0.6 is 0 Å². The quantitative estimate of drug-likeness (QED) is 0.800. The molecule has 0 saturated carbocycles. The maximum absolute atomic E-state index is 11.4. The van der Waals surface area contributed by atoms with Crippen molar-refractivity contribution < 1.29 is 8.42 Å². The lowest BCUT2D eigenvalue weighted by Crippen LogP contribution is -2.19. The van der Waals surface area contributed by atoms with Gasteiger partial charge < -0.3 is 5.32 Å². The van der Waals surface area contributed by atoms with E-state index in [1.54, 1.807) is 19.1 Å². The topological polar surface area (TPSA) is 58.2 Å². The third-order valence-corrected chi connectivity index (χ3v) is 4.07. The number of rotatable bonds is 7. The SMILES string of the molecule is CCCNC(C)c1ccc(NS(=O)(=O)CC)cc1. The summed E-state index contributed by atoms with van der Waals surface area (Å²) in [7, 11) is -3.19. The van der Waals surface area contributed by atoms with Crippen LogP contribution in [0.15, 0.2) is 24.3 Å². The number of benzene rings is 1. The summed E-state index contributed by atoms with van der Waals surface area (Å²) in [5.41, 5.74) is 1.77. The molecule has 0 amide bonds. The lowest BCUT2D eigenvalue weighted by Gasteiger charge is -2.14. The van der Waals surface area contributed by atoms with Gasteiger partial charge in [0.15, 0.2) is 0 Å². The van der Waals surface area contributed by atoms with Gasteiger partial charge >= 0.3 is 0 Å². The van der Waals surface area contributed by atoms with Gasteiger partial charge in [0.25, 0.3) is 0 Å². The summed E-state index contributed by atoms with van der Waals surface area (Å²) in [5.74, 6) is 0.0865. The van der Waals surface area contributed by atoms with E-state index in [9.17, 15) is 8.42 Å². The highest BCUT2D eigenvalue weighted by atomic mass is 32.2. The minimum absolute atomic E-state index is 0.0865. The molecule has 0 saturated heterocycles. The smallest absolute Gasteiger partial charge is 0.232 e. The molecule has 0 aliphatic carbocycles. The van der Waals surface area contributed by atoms with Crippen LogP contribution < -0.4 is 10.0 Å². The molecule has 0 fully saturated rings. The van der Waals surface area contributed by atoms with Crippen molar-refractivity contribution in [3.8, 4) is 0 Å². The zero-order valence-corrected chi connectivity index (χ0v) is 12.0. The summed E-state index contributed by atoms with van der Waals surface area (Å²) in [4.78, 5) is 0. The molecule has 18 heavy (non-hydrogen) atoms. The van der Waals surface area contributed by atoms with E-state index in [0.29, 0.717) is 5.69 Å². The molecular weight excluding hydrogens is 248 g/mol. The van der Waals surface area contributed by atoms with Crippen molar-refractivity contribution in [2.24, 2.45) is 0 Å². The summed E-state index contributed by atoms with van der Waals surface area (Å²) >= 11 is 0. The third kappa shape index (κ3) is 4.66. The highest BCUT2D eigenvalue weighted by Gasteiger charge is 2.08. The average Bonchev–Trinajstić information content (AvgIpc) is 2.36. The van der Waals surface area contributed by atoms with Crippen LogP contribution in [0.4, 0.5) is 5.69 Å². The molecule has 1 atom stereocenters. The number of sulfonamides is 1. The summed E-state index contributed by atoms with van der Waals surface area (Å²) in [6.45, 7) is 6.82. The van der Waals surface area contributed by atoms with Crippen molar-refractivity contribution in [2.45, 2.75) is 33.2 Å². The third-order valence-electron chi connectivity index (χ3n) is 2.76. The molecule has 4 nitrogen and oxygen atoms in total. The maximum Gasteiger partial charge on any atom is 0.232 e. The van der Waals surface area contributed by atoms with Crippen LogP contribution in [-0.4, -0.2) is 20.7 Å². The van der Waals surface area contributed by atoms with Crippen molar-refractivity contribution in [3.05, 3.63) is 29.8 Å². The molecule has 0 heterocycles. The zero-order valence-electron chi connectivity index (χ0n) is 11.2. The molecule has 102 valence electrons. The molecular formula is C13H22N2O2S. The fraction of sp³-hybridized carbons (Fsp3) is 0.538. The first kappa shape index (κ1) is 15.0. The number of hydrogen-bond acceptors (Lipinski definition) is 3. The molecule has 0 bridgehead atoms. The van der Waals surface area contributed by atoms with Crippen LogP contribution in [0.2, 0.25) is 0 Å². The van der Waals surface area contributed by atoms with Gasteiger partial charge in [0.1, 0.15) is 0 Å². The average molecular weight is 270 g/mol. The van der Waals surface area contributed by atoms with E-state index in [-0.39, 0.29) is 11.8 Å². The van der Waals surface area contributed by atoms with Crippen molar-refractivity contribution in [1.82, 2.24) is 5.32 Å². The van der Waals surface area contributed by atoms with Crippen molar-refractivity contribution >= 4 is 15.7 Å². The van der Waals surface area contributed by atoms with Gasteiger partial charge in [-0.1, -0.05) is 19.1 Å². The number of hydrogen-bond donors (Lipinski definition) is 2. The summed E-state index contributed by atoms with van der Waals surface area (Å²) in [6.07, 6.45) is 1.10. The Morgan fingerprint density at radius 2 is 1.78 bits per heavy atom. The highest BCUT2D eigenvalue weighted by molar-refractivity contribution is 7.92. The van der Waals surface area contributed by atoms with E-state index in [2.05, 4.69) is 23.9 Å². The first-order valence-electron chi connectivity index (χ1n) is 6.32. The molecule has 1 aromatic carbocycles. The lowest BCUT2D eigenvalue weighted by molar-refractivity contribution is 0.571. The van der Waals surface area contributed by atoms with Gasteiger partial charge in [-0.3, -0.25) is 4.72 Å². The number of anilines is 1. The largest absolute Gasteiger partial charge is 0.310 e. The first-order chi connectivity index (χ1) is 8.48. The normalized spacial score (nSPS) is 13.3. The zero-order chi connectivity index (χ0) is 13.6. The van der Waals surface area contributed by atoms with E-state index < -0.39 is 10.0 Å². The summed E-state index contributed by atoms with van der Waals surface area (Å²) < 4.78 is 25.3. The second-order valence-corrected chi connectivity index (χ2v) is 6.31. The van der Waals surface area contributed by atoms with Gasteiger partial charge in [0, 0.05) is 11.7 Å². The molecule has 0 radical (unpaired) electrons. The van der Waals surface area contributed by atoms with Gasteiger partial charge in [-0.05, 0) is 44.5 Å². The second kappa shape index (κ2) is 6.75. The molecule has 1 unspecified atom stereocenters. The number of nitrogens with one attached hydrogen (secondary N) is 2. The van der Waals surface area contributed by atoms with Crippen LogP contribution in [0.5, 0.6) is 0 Å². The predicted molar refractivity (Wildman–Crippen MR) is 76.2 cm³/mol. The Hall–Kier alpha value is -1.07. The Labute approximate surface area is 110 Å². The monoisotopic (exact) mass is 270 g/mol. The van der Waals surface area contributed by atoms with Crippen LogP contribution in [0.1, 0.15) is 38.8 Å². The van der Waals surface area contributed by atoms with Crippen molar-refractivity contribution in [2.75, 3.05) is 17.0 Å². The molecule has 0 aliphatic heterocycles. The summed E-state index contributed by atoms with van der Waals surface area (Å²) in [6, 6.07) is 7.77. The lowest BCUT2D eigenvalue weighted by atomic mass is 10.1. The van der Waals surface area contributed by atoms with Gasteiger partial charge in [-0.25, -0.2) is 8.42 Å². The molecule has 0 aromatic heterocycles. The Balaban J connectivity index is 2.68. The minimum atomic E-state index is -3.19. The Morgan fingerprint density at radius 3 is 2.28 bits per heavy atom. The van der Waals surface area contributed by atoms with E-state index in [1.807, 2.05) is 12.1 Å². The van der Waals surface area contributed by atoms with E-state index in [0.717, 1.165) is 18.5 Å². The Kier molecular flexibility index (Phi) is 5.62. The highest BCUT2D eigenvalue weighted by Crippen LogP contribution is 2.16. The van der Waals surface area contributed by atoms with E-state index in [1.165, 1.54) is 0 Å². The fourth-order valence-corrected chi connectivity index (χ4v) is 2.21. The van der Waals surface area contributed by atoms with Gasteiger partial charge in [-0.15, -0.1) is 0 Å². The first-order valence-corrected chi connectivity index (χ1v) is 7.97. The van der Waals surface area contributed by atoms with E-state index >= 15 is 0 Å². The van der Waals surface area contributed by atoms with Crippen LogP contribution in [0, 0.1) is 0 Å². The molecule has 1 aromatic rings. The summed E-state index contributed by atoms with van der Waals surface area (Å²) in [5, 5.41) is 3.39. The molecule has 2 N–H and O–H groups in total. The van der Waals surface area contributed by atoms with Gasteiger partial charge in [-0.2, -0.15) is 0 Å². The van der Waals surface area contributed by atoms with Crippen LogP contribution in [-0.2, 0) is 10.0 Å². The van der Waals surface area contributed by atoms with E-state index in [4.69, 9.17) is 0 Å².